The van der Waals surface area contributed by atoms with Crippen LogP contribution in [0.5, 0.6) is 0 Å². The summed E-state index contributed by atoms with van der Waals surface area (Å²) in [6.07, 6.45) is 1.10. The molecule has 0 spiro atoms. The van der Waals surface area contributed by atoms with Gasteiger partial charge >= 0.3 is 170 Å². The molecule has 4 heteroatoms. The van der Waals surface area contributed by atoms with Crippen LogP contribution in [0.2, 0.25) is 0 Å². The zero-order valence-electron chi connectivity index (χ0n) is 18.1. The number of nitrogens with zero attached hydrogens (tertiary/aromatic N) is 2. The normalized spacial score (nSPS) is 18.3. The molecule has 1 aliphatic carbocycles. The van der Waals surface area contributed by atoms with Crippen LogP contribution in [0.15, 0.2) is 50.5 Å². The summed E-state index contributed by atoms with van der Waals surface area (Å²) in [7, 11) is 9.05. The zero-order valence-corrected chi connectivity index (χ0v) is 20.5. The first-order chi connectivity index (χ1) is 12.0. The van der Waals surface area contributed by atoms with Gasteiger partial charge in [-0.05, 0) is 0 Å². The Bertz CT molecular complexity index is 673. The molecule has 3 nitrogen and oxygen atoms in total. The van der Waals surface area contributed by atoms with E-state index in [9.17, 15) is 0 Å². The molecule has 0 aliphatic heterocycles. The van der Waals surface area contributed by atoms with Gasteiger partial charge in [-0.3, -0.25) is 0 Å². The fourth-order valence-corrected chi connectivity index (χ4v) is 11.0. The summed E-state index contributed by atoms with van der Waals surface area (Å²) < 4.78 is 6.76. The van der Waals surface area contributed by atoms with E-state index in [4.69, 9.17) is 0 Å². The van der Waals surface area contributed by atoms with Crippen LogP contribution >= 0.6 is 0 Å². The molecule has 1 atom stereocenters. The first kappa shape index (κ1) is 21.6. The van der Waals surface area contributed by atoms with Gasteiger partial charge in [-0.1, -0.05) is 0 Å². The van der Waals surface area contributed by atoms with Gasteiger partial charge < -0.3 is 0 Å². The van der Waals surface area contributed by atoms with Crippen molar-refractivity contribution in [1.82, 2.24) is 11.0 Å². The fourth-order valence-electron chi connectivity index (χ4n) is 3.96. The molecule has 1 unspecified atom stereocenters. The molecule has 143 valence electrons. The Morgan fingerprint density at radius 2 is 1.50 bits per heavy atom. The monoisotopic (exact) mass is 432 g/mol. The van der Waals surface area contributed by atoms with Gasteiger partial charge in [0.15, 0.2) is 0 Å². The number of rotatable bonds is 6. The van der Waals surface area contributed by atoms with E-state index in [0.29, 0.717) is 5.92 Å². The molecular formula is C22H36N3Zr. The van der Waals surface area contributed by atoms with E-state index < -0.39 is 22.3 Å². The number of hydrogen-bond donors (Lipinski definition) is 1. The molecule has 0 fully saturated rings. The van der Waals surface area contributed by atoms with Crippen LogP contribution in [0, 0.1) is 5.92 Å². The Labute approximate surface area is 169 Å². The summed E-state index contributed by atoms with van der Waals surface area (Å²) in [5.74, 6) is 0.515. The molecular weight excluding hydrogens is 397 g/mol. The molecule has 1 N–H and O–H groups in total. The second-order valence-electron chi connectivity index (χ2n) is 8.83. The average Bonchev–Trinajstić information content (AvgIpc) is 2.72. The molecule has 26 heavy (non-hydrogen) atoms. The molecule has 1 aromatic rings. The Morgan fingerprint density at radius 3 is 1.96 bits per heavy atom. The summed E-state index contributed by atoms with van der Waals surface area (Å²) in [6.45, 7) is 11.4. The van der Waals surface area contributed by atoms with Gasteiger partial charge in [-0.25, -0.2) is 0 Å². The SMILES string of the molecule is CC1=[C]([Zr]([N](C)C)[N](C)C)C(Cc2ccccc2)C(C)=C1NC(C)(C)C. The van der Waals surface area contributed by atoms with E-state index in [2.05, 4.69) is 104 Å². The zero-order chi connectivity index (χ0) is 19.6. The van der Waals surface area contributed by atoms with Crippen molar-refractivity contribution in [1.29, 1.82) is 0 Å². The molecule has 1 aromatic carbocycles. The fraction of sp³-hybridized carbons (Fsp3) is 0.545. The van der Waals surface area contributed by atoms with Crippen LogP contribution < -0.4 is 5.32 Å². The number of allylic oxidation sites excluding steroid dienone is 3. The van der Waals surface area contributed by atoms with Crippen molar-refractivity contribution in [2.24, 2.45) is 5.92 Å². The topological polar surface area (TPSA) is 18.5 Å². The van der Waals surface area contributed by atoms with E-state index in [1.807, 2.05) is 0 Å². The third-order valence-corrected chi connectivity index (χ3v) is 12.0. The van der Waals surface area contributed by atoms with Crippen LogP contribution in [0.1, 0.15) is 40.2 Å². The van der Waals surface area contributed by atoms with Gasteiger partial charge in [-0.2, -0.15) is 0 Å². The molecule has 0 amide bonds. The van der Waals surface area contributed by atoms with Crippen molar-refractivity contribution in [2.75, 3.05) is 28.2 Å². The molecule has 0 saturated heterocycles. The van der Waals surface area contributed by atoms with E-state index in [0.717, 1.165) is 6.42 Å². The van der Waals surface area contributed by atoms with Gasteiger partial charge in [-0.15, -0.1) is 0 Å². The third kappa shape index (κ3) is 4.97. The van der Waals surface area contributed by atoms with Crippen molar-refractivity contribution >= 4 is 0 Å². The molecule has 0 saturated carbocycles. The van der Waals surface area contributed by atoms with E-state index in [1.54, 1.807) is 3.28 Å². The van der Waals surface area contributed by atoms with Crippen molar-refractivity contribution in [3.05, 3.63) is 56.0 Å². The van der Waals surface area contributed by atoms with Gasteiger partial charge in [0.1, 0.15) is 0 Å². The summed E-state index contributed by atoms with van der Waals surface area (Å²) in [5.41, 5.74) is 5.90. The standard InChI is InChI=1S/C18H24N.2C2H6N.Zr/c1-13-11-16(12-15-9-7-6-8-10-15)14(2)17(13)19-18(3,4)5;2*1-3-2;/h6-10,16,19H,12H2,1-5H3;2*1-2H3;/q;2*-1;+2. The second kappa shape index (κ2) is 8.54. The number of hydrogen-bond acceptors (Lipinski definition) is 3. The minimum atomic E-state index is -2.06. The van der Waals surface area contributed by atoms with Gasteiger partial charge in [0.2, 0.25) is 0 Å². The predicted molar refractivity (Wildman–Crippen MR) is 109 cm³/mol. The van der Waals surface area contributed by atoms with Gasteiger partial charge in [0.25, 0.3) is 0 Å². The van der Waals surface area contributed by atoms with Crippen molar-refractivity contribution < 1.29 is 22.3 Å². The third-order valence-electron chi connectivity index (χ3n) is 4.92. The van der Waals surface area contributed by atoms with E-state index in [-0.39, 0.29) is 5.54 Å². The van der Waals surface area contributed by atoms with Gasteiger partial charge in [0.05, 0.1) is 0 Å². The summed E-state index contributed by atoms with van der Waals surface area (Å²) in [4.78, 5) is 0. The minimum absolute atomic E-state index is 0.0738. The van der Waals surface area contributed by atoms with E-state index in [1.165, 1.54) is 22.4 Å². The average molecular weight is 434 g/mol. The van der Waals surface area contributed by atoms with Crippen molar-refractivity contribution in [3.63, 3.8) is 0 Å². The van der Waals surface area contributed by atoms with Gasteiger partial charge in [0, 0.05) is 0 Å². The number of benzene rings is 1. The molecule has 2 rings (SSSR count). The van der Waals surface area contributed by atoms with Crippen LogP contribution in [0.4, 0.5) is 0 Å². The van der Waals surface area contributed by atoms with Crippen LogP contribution in [-0.2, 0) is 28.8 Å². The second-order valence-corrected chi connectivity index (χ2v) is 16.1. The summed E-state index contributed by atoms with van der Waals surface area (Å²) >= 11 is -2.06. The van der Waals surface area contributed by atoms with E-state index >= 15 is 0 Å². The first-order valence-electron chi connectivity index (χ1n) is 9.49. The molecule has 0 aromatic heterocycles. The maximum atomic E-state index is 3.81. The Kier molecular flexibility index (Phi) is 7.10. The first-order valence-corrected chi connectivity index (χ1v) is 12.9. The number of nitrogens with one attached hydrogen (secondary N) is 1. The summed E-state index contributed by atoms with van der Waals surface area (Å²) in [6, 6.07) is 11.0. The van der Waals surface area contributed by atoms with Crippen molar-refractivity contribution in [2.45, 2.75) is 46.6 Å². The summed E-state index contributed by atoms with van der Waals surface area (Å²) in [5, 5.41) is 3.81. The molecule has 1 aliphatic rings. The Morgan fingerprint density at radius 1 is 0.962 bits per heavy atom. The Hall–Kier alpha value is -0.697. The molecule has 0 bridgehead atoms. The van der Waals surface area contributed by atoms with Crippen molar-refractivity contribution in [3.8, 4) is 0 Å². The predicted octanol–water partition coefficient (Wildman–Crippen LogP) is 4.37. The Balaban J connectivity index is 2.52. The van der Waals surface area contributed by atoms with Crippen LogP contribution in [0.3, 0.4) is 0 Å². The molecule has 0 heterocycles. The quantitative estimate of drug-likeness (QED) is 0.719. The maximum absolute atomic E-state index is 3.81. The molecule has 0 radical (unpaired) electrons. The van der Waals surface area contributed by atoms with Crippen LogP contribution in [0.25, 0.3) is 0 Å². The van der Waals surface area contributed by atoms with Crippen LogP contribution in [-0.4, -0.2) is 39.4 Å².